The summed E-state index contributed by atoms with van der Waals surface area (Å²) in [6.07, 6.45) is 5.97. The van der Waals surface area contributed by atoms with Crippen molar-refractivity contribution in [3.63, 3.8) is 0 Å². The van der Waals surface area contributed by atoms with E-state index in [-0.39, 0.29) is 6.29 Å². The van der Waals surface area contributed by atoms with Crippen LogP contribution in [0.1, 0.15) is 47.0 Å². The standard InChI is InChI=1S/C15H26O2/c1-11(2)9-12-13(15(12,3)4)10-17-14-7-5-6-8-16-14/h9,12-14H,5-8,10H2,1-4H3/t12-,13-,14+/m0/s1. The summed E-state index contributed by atoms with van der Waals surface area (Å²) in [5.41, 5.74) is 1.82. The Kier molecular flexibility index (Phi) is 3.94. The highest BCUT2D eigenvalue weighted by atomic mass is 16.7. The van der Waals surface area contributed by atoms with E-state index in [4.69, 9.17) is 9.47 Å². The zero-order chi connectivity index (χ0) is 12.5. The molecule has 2 rings (SSSR count). The van der Waals surface area contributed by atoms with Gasteiger partial charge in [0.25, 0.3) is 0 Å². The normalized spacial score (nSPS) is 35.4. The Labute approximate surface area is 105 Å². The molecule has 1 saturated heterocycles. The Hall–Kier alpha value is -0.340. The fourth-order valence-corrected chi connectivity index (χ4v) is 2.85. The summed E-state index contributed by atoms with van der Waals surface area (Å²) in [5.74, 6) is 1.36. The van der Waals surface area contributed by atoms with Crippen LogP contribution in [0.5, 0.6) is 0 Å². The van der Waals surface area contributed by atoms with E-state index < -0.39 is 0 Å². The Balaban J connectivity index is 1.78. The van der Waals surface area contributed by atoms with E-state index >= 15 is 0 Å². The van der Waals surface area contributed by atoms with Crippen LogP contribution in [0.25, 0.3) is 0 Å². The minimum Gasteiger partial charge on any atom is -0.353 e. The molecule has 2 nitrogen and oxygen atoms in total. The lowest BCUT2D eigenvalue weighted by Gasteiger charge is -2.22. The number of rotatable bonds is 4. The van der Waals surface area contributed by atoms with Crippen LogP contribution in [-0.4, -0.2) is 19.5 Å². The van der Waals surface area contributed by atoms with Gasteiger partial charge in [0.05, 0.1) is 6.61 Å². The van der Waals surface area contributed by atoms with Crippen molar-refractivity contribution in [2.45, 2.75) is 53.2 Å². The van der Waals surface area contributed by atoms with E-state index in [2.05, 4.69) is 33.8 Å². The molecule has 0 aromatic carbocycles. The third-order valence-corrected chi connectivity index (χ3v) is 4.25. The van der Waals surface area contributed by atoms with Gasteiger partial charge in [0.2, 0.25) is 0 Å². The molecule has 0 radical (unpaired) electrons. The van der Waals surface area contributed by atoms with Crippen molar-refractivity contribution >= 4 is 0 Å². The summed E-state index contributed by atoms with van der Waals surface area (Å²) in [7, 11) is 0. The van der Waals surface area contributed by atoms with Crippen LogP contribution >= 0.6 is 0 Å². The zero-order valence-electron chi connectivity index (χ0n) is 11.7. The number of hydrogen-bond donors (Lipinski definition) is 0. The highest BCUT2D eigenvalue weighted by Crippen LogP contribution is 2.59. The fourth-order valence-electron chi connectivity index (χ4n) is 2.85. The monoisotopic (exact) mass is 238 g/mol. The van der Waals surface area contributed by atoms with Crippen LogP contribution in [-0.2, 0) is 9.47 Å². The third-order valence-electron chi connectivity index (χ3n) is 4.25. The minimum atomic E-state index is 0.0625. The molecule has 0 spiro atoms. The van der Waals surface area contributed by atoms with E-state index in [1.54, 1.807) is 0 Å². The van der Waals surface area contributed by atoms with Crippen molar-refractivity contribution in [2.75, 3.05) is 13.2 Å². The van der Waals surface area contributed by atoms with Gasteiger partial charge in [-0.3, -0.25) is 0 Å². The quantitative estimate of drug-likeness (QED) is 0.694. The molecule has 1 aliphatic carbocycles. The highest BCUT2D eigenvalue weighted by molar-refractivity contribution is 5.16. The first kappa shape index (κ1) is 13.1. The predicted octanol–water partition coefficient (Wildman–Crippen LogP) is 3.77. The molecule has 2 fully saturated rings. The molecule has 1 aliphatic heterocycles. The summed E-state index contributed by atoms with van der Waals surface area (Å²) in [6.45, 7) is 10.8. The maximum absolute atomic E-state index is 5.90. The van der Waals surface area contributed by atoms with Gasteiger partial charge in [0, 0.05) is 6.61 Å². The predicted molar refractivity (Wildman–Crippen MR) is 69.7 cm³/mol. The first-order chi connectivity index (χ1) is 8.01. The van der Waals surface area contributed by atoms with Crippen molar-refractivity contribution in [3.8, 4) is 0 Å². The molecule has 98 valence electrons. The summed E-state index contributed by atoms with van der Waals surface area (Å²) in [4.78, 5) is 0. The molecule has 0 N–H and O–H groups in total. The van der Waals surface area contributed by atoms with Gasteiger partial charge in [-0.15, -0.1) is 0 Å². The summed E-state index contributed by atoms with van der Waals surface area (Å²) < 4.78 is 11.5. The summed E-state index contributed by atoms with van der Waals surface area (Å²) in [6, 6.07) is 0. The number of allylic oxidation sites excluding steroid dienone is 2. The third kappa shape index (κ3) is 3.11. The average molecular weight is 238 g/mol. The van der Waals surface area contributed by atoms with Crippen molar-refractivity contribution in [1.29, 1.82) is 0 Å². The molecule has 2 aliphatic rings. The maximum atomic E-state index is 5.90. The Morgan fingerprint density at radius 2 is 2.12 bits per heavy atom. The van der Waals surface area contributed by atoms with Gasteiger partial charge in [-0.25, -0.2) is 0 Å². The zero-order valence-corrected chi connectivity index (χ0v) is 11.7. The van der Waals surface area contributed by atoms with Crippen LogP contribution < -0.4 is 0 Å². The molecule has 1 saturated carbocycles. The molecule has 3 atom stereocenters. The SMILES string of the molecule is CC(C)=C[C@H]1[C@H](CO[C@@H]2CCCCO2)C1(C)C. The Bertz CT molecular complexity index is 283. The topological polar surface area (TPSA) is 18.5 Å². The van der Waals surface area contributed by atoms with Crippen LogP contribution in [0.2, 0.25) is 0 Å². The maximum Gasteiger partial charge on any atom is 0.157 e. The first-order valence-corrected chi connectivity index (χ1v) is 6.90. The van der Waals surface area contributed by atoms with Gasteiger partial charge in [0.15, 0.2) is 6.29 Å². The molecular weight excluding hydrogens is 212 g/mol. The molecule has 0 unspecified atom stereocenters. The summed E-state index contributed by atoms with van der Waals surface area (Å²) in [5, 5.41) is 0. The Morgan fingerprint density at radius 3 is 2.71 bits per heavy atom. The molecule has 2 heteroatoms. The molecule has 0 aromatic rings. The van der Waals surface area contributed by atoms with Crippen LogP contribution in [0.4, 0.5) is 0 Å². The van der Waals surface area contributed by atoms with E-state index in [1.807, 2.05) is 0 Å². The second-order valence-electron chi connectivity index (χ2n) is 6.33. The van der Waals surface area contributed by atoms with E-state index in [1.165, 1.54) is 18.4 Å². The van der Waals surface area contributed by atoms with Crippen molar-refractivity contribution < 1.29 is 9.47 Å². The van der Waals surface area contributed by atoms with Crippen LogP contribution in [0.3, 0.4) is 0 Å². The highest BCUT2D eigenvalue weighted by Gasteiger charge is 2.56. The van der Waals surface area contributed by atoms with Crippen molar-refractivity contribution in [3.05, 3.63) is 11.6 Å². The van der Waals surface area contributed by atoms with Gasteiger partial charge in [-0.2, -0.15) is 0 Å². The molecular formula is C15H26O2. The van der Waals surface area contributed by atoms with Crippen LogP contribution in [0.15, 0.2) is 11.6 Å². The minimum absolute atomic E-state index is 0.0625. The lowest BCUT2D eigenvalue weighted by molar-refractivity contribution is -0.166. The molecule has 17 heavy (non-hydrogen) atoms. The molecule has 0 amide bonds. The van der Waals surface area contributed by atoms with Crippen molar-refractivity contribution in [1.82, 2.24) is 0 Å². The first-order valence-electron chi connectivity index (χ1n) is 6.90. The Morgan fingerprint density at radius 1 is 1.35 bits per heavy atom. The van der Waals surface area contributed by atoms with E-state index in [0.29, 0.717) is 17.3 Å². The lowest BCUT2D eigenvalue weighted by Crippen LogP contribution is -2.23. The van der Waals surface area contributed by atoms with Gasteiger partial charge in [-0.1, -0.05) is 25.5 Å². The molecule has 0 aromatic heterocycles. The van der Waals surface area contributed by atoms with E-state index in [9.17, 15) is 0 Å². The lowest BCUT2D eigenvalue weighted by atomic mass is 10.1. The van der Waals surface area contributed by atoms with Gasteiger partial charge in [0.1, 0.15) is 0 Å². The number of ether oxygens (including phenoxy) is 2. The van der Waals surface area contributed by atoms with E-state index in [0.717, 1.165) is 19.6 Å². The average Bonchev–Trinajstić information content (AvgIpc) is 2.78. The second-order valence-corrected chi connectivity index (χ2v) is 6.33. The van der Waals surface area contributed by atoms with Crippen LogP contribution in [0, 0.1) is 17.3 Å². The second kappa shape index (κ2) is 5.11. The molecule has 0 bridgehead atoms. The largest absolute Gasteiger partial charge is 0.353 e. The van der Waals surface area contributed by atoms with Gasteiger partial charge >= 0.3 is 0 Å². The molecule has 1 heterocycles. The fraction of sp³-hybridized carbons (Fsp3) is 0.867. The summed E-state index contributed by atoms with van der Waals surface area (Å²) >= 11 is 0. The van der Waals surface area contributed by atoms with Gasteiger partial charge < -0.3 is 9.47 Å². The number of hydrogen-bond acceptors (Lipinski definition) is 2. The van der Waals surface area contributed by atoms with Gasteiger partial charge in [-0.05, 0) is 50.4 Å². The van der Waals surface area contributed by atoms with Crippen molar-refractivity contribution in [2.24, 2.45) is 17.3 Å². The smallest absolute Gasteiger partial charge is 0.157 e.